The van der Waals surface area contributed by atoms with E-state index in [1.807, 2.05) is 18.2 Å². The Morgan fingerprint density at radius 2 is 2.04 bits per heavy atom. The molecule has 8 heteroatoms. The number of ether oxygens (including phenoxy) is 2. The van der Waals surface area contributed by atoms with Gasteiger partial charge in [0.25, 0.3) is 5.91 Å². The predicted molar refractivity (Wildman–Crippen MR) is 100 cm³/mol. The quantitative estimate of drug-likeness (QED) is 0.617. The molecule has 0 saturated carbocycles. The molecule has 0 radical (unpaired) electrons. The van der Waals surface area contributed by atoms with Gasteiger partial charge in [0, 0.05) is 5.69 Å². The smallest absolute Gasteiger partial charge is 0.262 e. The summed E-state index contributed by atoms with van der Waals surface area (Å²) in [5.41, 5.74) is 2.49. The van der Waals surface area contributed by atoms with Crippen molar-refractivity contribution >= 4 is 11.6 Å². The third kappa shape index (κ3) is 4.69. The predicted octanol–water partition coefficient (Wildman–Crippen LogP) is 2.42. The molecule has 2 aromatic carbocycles. The fraction of sp³-hybridized carbons (Fsp3) is 0.158. The number of hydrogen-bond acceptors (Lipinski definition) is 6. The van der Waals surface area contributed by atoms with Crippen LogP contribution in [0.3, 0.4) is 0 Å². The first-order valence-corrected chi connectivity index (χ1v) is 8.23. The average Bonchev–Trinajstić information content (AvgIpc) is 3.22. The van der Waals surface area contributed by atoms with Crippen molar-refractivity contribution in [1.82, 2.24) is 20.2 Å². The lowest BCUT2D eigenvalue weighted by Gasteiger charge is -2.12. The maximum atomic E-state index is 12.1. The number of anilines is 1. The number of carbonyl (C=O) groups is 1. The number of nitrogens with zero attached hydrogens (tertiary/aromatic N) is 4. The largest absolute Gasteiger partial charge is 0.493 e. The van der Waals surface area contributed by atoms with Gasteiger partial charge in [-0.15, -0.1) is 11.7 Å². The Balaban J connectivity index is 1.57. The van der Waals surface area contributed by atoms with Gasteiger partial charge in [-0.05, 0) is 58.8 Å². The molecule has 0 aliphatic rings. The van der Waals surface area contributed by atoms with Crippen LogP contribution in [0.5, 0.6) is 11.5 Å². The number of benzene rings is 2. The second-order valence-electron chi connectivity index (χ2n) is 5.62. The molecule has 8 nitrogen and oxygen atoms in total. The molecule has 1 heterocycles. The van der Waals surface area contributed by atoms with Crippen molar-refractivity contribution in [2.45, 2.75) is 6.42 Å². The first-order valence-electron chi connectivity index (χ1n) is 8.23. The van der Waals surface area contributed by atoms with Crippen molar-refractivity contribution in [3.8, 4) is 17.2 Å². The SMILES string of the molecule is C=CCc1ccc(OCC(=O)Nc2ccc(-n3cnnn3)cc2)c(OC)c1. The van der Waals surface area contributed by atoms with Crippen molar-refractivity contribution in [2.75, 3.05) is 19.0 Å². The number of hydrogen-bond donors (Lipinski definition) is 1. The van der Waals surface area contributed by atoms with Gasteiger partial charge in [0.2, 0.25) is 0 Å². The van der Waals surface area contributed by atoms with Crippen LogP contribution in [0.25, 0.3) is 5.69 Å². The first-order chi connectivity index (χ1) is 13.2. The Morgan fingerprint density at radius 1 is 1.22 bits per heavy atom. The molecule has 0 aliphatic carbocycles. The highest BCUT2D eigenvalue weighted by atomic mass is 16.5. The van der Waals surface area contributed by atoms with E-state index in [1.54, 1.807) is 37.4 Å². The van der Waals surface area contributed by atoms with Crippen LogP contribution < -0.4 is 14.8 Å². The summed E-state index contributed by atoms with van der Waals surface area (Å²) < 4.78 is 12.4. The molecule has 3 aromatic rings. The van der Waals surface area contributed by atoms with Crippen molar-refractivity contribution in [3.63, 3.8) is 0 Å². The standard InChI is InChI=1S/C19H19N5O3/c1-3-4-14-5-10-17(18(11-14)26-2)27-12-19(25)21-15-6-8-16(9-7-15)24-13-20-22-23-24/h3,5-11,13H,1,4,12H2,2H3,(H,21,25). The molecule has 0 bridgehead atoms. The topological polar surface area (TPSA) is 91.2 Å². The van der Waals surface area contributed by atoms with E-state index in [1.165, 1.54) is 11.0 Å². The first kappa shape index (κ1) is 18.1. The number of nitrogens with one attached hydrogen (secondary N) is 1. The summed E-state index contributed by atoms with van der Waals surface area (Å²) >= 11 is 0. The third-order valence-electron chi connectivity index (χ3n) is 3.73. The summed E-state index contributed by atoms with van der Waals surface area (Å²) in [6.45, 7) is 3.58. The third-order valence-corrected chi connectivity index (χ3v) is 3.73. The number of rotatable bonds is 8. The van der Waals surface area contributed by atoms with E-state index < -0.39 is 0 Å². The molecule has 0 saturated heterocycles. The summed E-state index contributed by atoms with van der Waals surface area (Å²) in [5.74, 6) is 0.810. The van der Waals surface area contributed by atoms with Crippen LogP contribution in [-0.2, 0) is 11.2 Å². The highest BCUT2D eigenvalue weighted by Gasteiger charge is 2.09. The Labute approximate surface area is 156 Å². The van der Waals surface area contributed by atoms with E-state index in [9.17, 15) is 4.79 Å². The molecule has 138 valence electrons. The van der Waals surface area contributed by atoms with E-state index in [0.29, 0.717) is 17.2 Å². The van der Waals surface area contributed by atoms with Crippen LogP contribution in [0.4, 0.5) is 5.69 Å². The molecule has 1 N–H and O–H groups in total. The molecule has 0 fully saturated rings. The van der Waals surface area contributed by atoms with Gasteiger partial charge < -0.3 is 14.8 Å². The van der Waals surface area contributed by atoms with Gasteiger partial charge in [-0.1, -0.05) is 12.1 Å². The van der Waals surface area contributed by atoms with Gasteiger partial charge in [0.15, 0.2) is 18.1 Å². The van der Waals surface area contributed by atoms with Crippen LogP contribution in [-0.4, -0.2) is 39.8 Å². The molecule has 1 aromatic heterocycles. The molecule has 1 amide bonds. The number of tetrazole rings is 1. The van der Waals surface area contributed by atoms with Gasteiger partial charge in [-0.3, -0.25) is 4.79 Å². The van der Waals surface area contributed by atoms with E-state index in [2.05, 4.69) is 27.4 Å². The zero-order chi connectivity index (χ0) is 19.1. The van der Waals surface area contributed by atoms with Gasteiger partial charge in [-0.2, -0.15) is 0 Å². The number of methoxy groups -OCH3 is 1. The Morgan fingerprint density at radius 3 is 2.70 bits per heavy atom. The molecule has 27 heavy (non-hydrogen) atoms. The number of aromatic nitrogens is 4. The summed E-state index contributed by atoms with van der Waals surface area (Å²) in [4.78, 5) is 12.1. The molecular weight excluding hydrogens is 346 g/mol. The van der Waals surface area contributed by atoms with Gasteiger partial charge in [0.1, 0.15) is 6.33 Å². The molecule has 0 spiro atoms. The number of amides is 1. The van der Waals surface area contributed by atoms with E-state index >= 15 is 0 Å². The van der Waals surface area contributed by atoms with Gasteiger partial charge in [0.05, 0.1) is 12.8 Å². The van der Waals surface area contributed by atoms with Crippen molar-refractivity contribution in [2.24, 2.45) is 0 Å². The fourth-order valence-electron chi connectivity index (χ4n) is 2.44. The lowest BCUT2D eigenvalue weighted by Crippen LogP contribution is -2.20. The van der Waals surface area contributed by atoms with E-state index in [-0.39, 0.29) is 12.5 Å². The van der Waals surface area contributed by atoms with Crippen molar-refractivity contribution < 1.29 is 14.3 Å². The lowest BCUT2D eigenvalue weighted by atomic mass is 10.1. The molecular formula is C19H19N5O3. The minimum absolute atomic E-state index is 0.133. The Hall–Kier alpha value is -3.68. The highest BCUT2D eigenvalue weighted by molar-refractivity contribution is 5.92. The van der Waals surface area contributed by atoms with Crippen LogP contribution in [0.2, 0.25) is 0 Å². The minimum Gasteiger partial charge on any atom is -0.493 e. The summed E-state index contributed by atoms with van der Waals surface area (Å²) in [5, 5.41) is 13.7. The minimum atomic E-state index is -0.276. The zero-order valence-corrected chi connectivity index (χ0v) is 14.8. The number of allylic oxidation sites excluding steroid dienone is 1. The second kappa shape index (κ2) is 8.61. The average molecular weight is 365 g/mol. The Bertz CT molecular complexity index is 908. The zero-order valence-electron chi connectivity index (χ0n) is 14.8. The monoisotopic (exact) mass is 365 g/mol. The van der Waals surface area contributed by atoms with Gasteiger partial charge in [-0.25, -0.2) is 4.68 Å². The summed E-state index contributed by atoms with van der Waals surface area (Å²) in [6.07, 6.45) is 4.04. The van der Waals surface area contributed by atoms with Crippen LogP contribution in [0, 0.1) is 0 Å². The molecule has 0 aliphatic heterocycles. The second-order valence-corrected chi connectivity index (χ2v) is 5.62. The molecule has 0 unspecified atom stereocenters. The normalized spacial score (nSPS) is 10.3. The van der Waals surface area contributed by atoms with Crippen molar-refractivity contribution in [3.05, 3.63) is 67.0 Å². The van der Waals surface area contributed by atoms with Crippen LogP contribution in [0.15, 0.2) is 61.4 Å². The summed E-state index contributed by atoms with van der Waals surface area (Å²) in [6, 6.07) is 12.7. The fourth-order valence-corrected chi connectivity index (χ4v) is 2.44. The van der Waals surface area contributed by atoms with E-state index in [4.69, 9.17) is 9.47 Å². The van der Waals surface area contributed by atoms with Crippen LogP contribution in [0.1, 0.15) is 5.56 Å². The van der Waals surface area contributed by atoms with Crippen molar-refractivity contribution in [1.29, 1.82) is 0 Å². The number of carbonyl (C=O) groups excluding carboxylic acids is 1. The highest BCUT2D eigenvalue weighted by Crippen LogP contribution is 2.28. The molecule has 3 rings (SSSR count). The summed E-state index contributed by atoms with van der Waals surface area (Å²) in [7, 11) is 1.56. The lowest BCUT2D eigenvalue weighted by molar-refractivity contribution is -0.118. The maximum absolute atomic E-state index is 12.1. The molecule has 0 atom stereocenters. The van der Waals surface area contributed by atoms with E-state index in [0.717, 1.165) is 17.7 Å². The maximum Gasteiger partial charge on any atom is 0.262 e. The van der Waals surface area contributed by atoms with Crippen LogP contribution >= 0.6 is 0 Å². The Kier molecular flexibility index (Phi) is 5.78. The van der Waals surface area contributed by atoms with Gasteiger partial charge >= 0.3 is 0 Å².